The lowest BCUT2D eigenvalue weighted by Gasteiger charge is -2.30. The van der Waals surface area contributed by atoms with E-state index in [0.717, 1.165) is 44.7 Å². The molecule has 0 aromatic rings. The maximum absolute atomic E-state index is 5.75. The molecule has 1 heterocycles. The Morgan fingerprint density at radius 3 is 2.73 bits per heavy atom. The summed E-state index contributed by atoms with van der Waals surface area (Å²) in [4.78, 5) is 6.60. The average Bonchev–Trinajstić information content (AvgIpc) is 3.00. The normalized spacial score (nSPS) is 24.1. The molecule has 1 aliphatic carbocycles. The number of rotatable bonds is 6. The van der Waals surface area contributed by atoms with Crippen molar-refractivity contribution in [2.24, 2.45) is 10.9 Å². The van der Waals surface area contributed by atoms with Crippen LogP contribution in [0.5, 0.6) is 0 Å². The van der Waals surface area contributed by atoms with Gasteiger partial charge in [0.05, 0.1) is 12.7 Å². The summed E-state index contributed by atoms with van der Waals surface area (Å²) >= 11 is 0. The third-order valence-electron chi connectivity index (χ3n) is 4.62. The summed E-state index contributed by atoms with van der Waals surface area (Å²) in [5.41, 5.74) is 0. The zero-order chi connectivity index (χ0) is 14.9. The number of aliphatic imine (C=N–C) groups is 1. The van der Waals surface area contributed by atoms with Crippen molar-refractivity contribution in [2.75, 3.05) is 46.9 Å². The van der Waals surface area contributed by atoms with Crippen LogP contribution in [0.2, 0.25) is 0 Å². The van der Waals surface area contributed by atoms with Gasteiger partial charge < -0.3 is 20.3 Å². The highest BCUT2D eigenvalue weighted by atomic mass is 127. The molecule has 22 heavy (non-hydrogen) atoms. The maximum Gasteiger partial charge on any atom is 0.191 e. The number of likely N-dealkylation sites (N-methyl/N-ethyl adjacent to an activating group) is 1. The van der Waals surface area contributed by atoms with E-state index in [1.54, 1.807) is 0 Å². The minimum absolute atomic E-state index is 0. The van der Waals surface area contributed by atoms with Gasteiger partial charge in [0.25, 0.3) is 0 Å². The molecule has 2 N–H and O–H groups in total. The molecule has 0 bridgehead atoms. The zero-order valence-electron chi connectivity index (χ0n) is 14.1. The van der Waals surface area contributed by atoms with E-state index >= 15 is 0 Å². The van der Waals surface area contributed by atoms with Crippen molar-refractivity contribution in [3.63, 3.8) is 0 Å². The van der Waals surface area contributed by atoms with Gasteiger partial charge in [0.15, 0.2) is 5.96 Å². The fourth-order valence-corrected chi connectivity index (χ4v) is 3.32. The van der Waals surface area contributed by atoms with Crippen LogP contribution in [0.3, 0.4) is 0 Å². The molecule has 2 fully saturated rings. The zero-order valence-corrected chi connectivity index (χ0v) is 16.5. The van der Waals surface area contributed by atoms with Crippen LogP contribution in [-0.4, -0.2) is 63.8 Å². The molecule has 0 radical (unpaired) electrons. The van der Waals surface area contributed by atoms with E-state index in [9.17, 15) is 0 Å². The molecule has 0 amide bonds. The van der Waals surface area contributed by atoms with Gasteiger partial charge in [0.2, 0.25) is 0 Å². The third-order valence-corrected chi connectivity index (χ3v) is 4.62. The Labute approximate surface area is 152 Å². The van der Waals surface area contributed by atoms with E-state index in [2.05, 4.69) is 27.6 Å². The van der Waals surface area contributed by atoms with Crippen molar-refractivity contribution < 1.29 is 4.74 Å². The Kier molecular flexibility index (Phi) is 10.4. The number of halogens is 1. The van der Waals surface area contributed by atoms with Gasteiger partial charge in [-0.25, -0.2) is 0 Å². The van der Waals surface area contributed by atoms with Gasteiger partial charge >= 0.3 is 0 Å². The maximum atomic E-state index is 5.75. The second-order valence-electron chi connectivity index (χ2n) is 6.43. The number of guanidine groups is 1. The van der Waals surface area contributed by atoms with Gasteiger partial charge in [0, 0.05) is 33.2 Å². The van der Waals surface area contributed by atoms with Gasteiger partial charge in [-0.05, 0) is 25.8 Å². The summed E-state index contributed by atoms with van der Waals surface area (Å²) < 4.78 is 5.75. The van der Waals surface area contributed by atoms with Gasteiger partial charge in [-0.2, -0.15) is 0 Å². The largest absolute Gasteiger partial charge is 0.374 e. The minimum Gasteiger partial charge on any atom is -0.374 e. The molecule has 130 valence electrons. The van der Waals surface area contributed by atoms with Crippen LogP contribution in [-0.2, 0) is 4.74 Å². The van der Waals surface area contributed by atoms with Crippen LogP contribution < -0.4 is 10.6 Å². The fourth-order valence-electron chi connectivity index (χ4n) is 3.32. The number of hydrogen-bond donors (Lipinski definition) is 2. The molecule has 6 heteroatoms. The van der Waals surface area contributed by atoms with Crippen molar-refractivity contribution in [3.05, 3.63) is 0 Å². The average molecular weight is 424 g/mol. The smallest absolute Gasteiger partial charge is 0.191 e. The van der Waals surface area contributed by atoms with E-state index < -0.39 is 0 Å². The number of morpholine rings is 1. The fraction of sp³-hybridized carbons (Fsp3) is 0.938. The van der Waals surface area contributed by atoms with Crippen LogP contribution in [0.15, 0.2) is 4.99 Å². The second-order valence-corrected chi connectivity index (χ2v) is 6.43. The molecule has 1 unspecified atom stereocenters. The number of nitrogens with one attached hydrogen (secondary N) is 2. The van der Waals surface area contributed by atoms with E-state index in [-0.39, 0.29) is 30.1 Å². The predicted molar refractivity (Wildman–Crippen MR) is 103 cm³/mol. The minimum atomic E-state index is 0. The van der Waals surface area contributed by atoms with Crippen LogP contribution >= 0.6 is 24.0 Å². The van der Waals surface area contributed by atoms with Crippen LogP contribution in [0, 0.1) is 5.92 Å². The second kappa shape index (κ2) is 11.5. The molecule has 0 aromatic carbocycles. The lowest BCUT2D eigenvalue weighted by molar-refractivity contribution is -0.0161. The first-order valence-corrected chi connectivity index (χ1v) is 8.52. The van der Waals surface area contributed by atoms with Crippen LogP contribution in [0.25, 0.3) is 0 Å². The van der Waals surface area contributed by atoms with Crippen molar-refractivity contribution in [2.45, 2.75) is 44.6 Å². The first kappa shape index (κ1) is 20.0. The van der Waals surface area contributed by atoms with Gasteiger partial charge in [-0.1, -0.05) is 25.7 Å². The van der Waals surface area contributed by atoms with E-state index in [1.165, 1.54) is 38.5 Å². The standard InChI is InChI=1S/C16H32N4O.HI/c1-17-16(18-9-5-8-14-6-3-4-7-14)19-12-15-13-20(2)10-11-21-15;/h14-15H,3-13H2,1-2H3,(H2,17,18,19);1H. The Hall–Kier alpha value is -0.0800. The number of nitrogens with zero attached hydrogens (tertiary/aromatic N) is 2. The van der Waals surface area contributed by atoms with E-state index in [0.29, 0.717) is 0 Å². The predicted octanol–water partition coefficient (Wildman–Crippen LogP) is 2.07. The molecule has 2 rings (SSSR count). The summed E-state index contributed by atoms with van der Waals surface area (Å²) in [7, 11) is 3.98. The molecule has 1 atom stereocenters. The topological polar surface area (TPSA) is 48.9 Å². The Balaban J connectivity index is 0.00000242. The summed E-state index contributed by atoms with van der Waals surface area (Å²) in [6.07, 6.45) is 8.64. The molecule has 1 saturated carbocycles. The van der Waals surface area contributed by atoms with E-state index in [1.807, 2.05) is 7.05 Å². The highest BCUT2D eigenvalue weighted by Crippen LogP contribution is 2.28. The molecule has 2 aliphatic rings. The summed E-state index contributed by atoms with van der Waals surface area (Å²) in [5, 5.41) is 6.79. The Bertz CT molecular complexity index is 321. The quantitative estimate of drug-likeness (QED) is 0.297. The molecule has 0 aromatic heterocycles. The summed E-state index contributed by atoms with van der Waals surface area (Å²) in [6.45, 7) is 4.70. The SMILES string of the molecule is CN=C(NCCCC1CCCC1)NCC1CN(C)CCO1.I. The first-order chi connectivity index (χ1) is 10.3. The highest BCUT2D eigenvalue weighted by molar-refractivity contribution is 14.0. The van der Waals surface area contributed by atoms with Gasteiger partial charge in [-0.15, -0.1) is 24.0 Å². The van der Waals surface area contributed by atoms with Gasteiger partial charge in [-0.3, -0.25) is 4.99 Å². The van der Waals surface area contributed by atoms with Crippen LogP contribution in [0.1, 0.15) is 38.5 Å². The highest BCUT2D eigenvalue weighted by Gasteiger charge is 2.18. The number of ether oxygens (including phenoxy) is 1. The summed E-state index contributed by atoms with van der Waals surface area (Å²) in [6, 6.07) is 0. The van der Waals surface area contributed by atoms with E-state index in [4.69, 9.17) is 4.74 Å². The van der Waals surface area contributed by atoms with Crippen molar-refractivity contribution in [1.82, 2.24) is 15.5 Å². The van der Waals surface area contributed by atoms with Crippen LogP contribution in [0.4, 0.5) is 0 Å². The molecular weight excluding hydrogens is 391 g/mol. The molecular formula is C16H33IN4O. The van der Waals surface area contributed by atoms with Gasteiger partial charge in [0.1, 0.15) is 0 Å². The van der Waals surface area contributed by atoms with Crippen molar-refractivity contribution in [3.8, 4) is 0 Å². The number of hydrogen-bond acceptors (Lipinski definition) is 3. The monoisotopic (exact) mass is 424 g/mol. The molecule has 1 aliphatic heterocycles. The molecule has 5 nitrogen and oxygen atoms in total. The molecule has 1 saturated heterocycles. The molecule has 0 spiro atoms. The summed E-state index contributed by atoms with van der Waals surface area (Å²) in [5.74, 6) is 1.88. The third kappa shape index (κ3) is 7.46. The lowest BCUT2D eigenvalue weighted by atomic mass is 10.0. The van der Waals surface area contributed by atoms with Crippen molar-refractivity contribution >= 4 is 29.9 Å². The lowest BCUT2D eigenvalue weighted by Crippen LogP contribution is -2.48. The Morgan fingerprint density at radius 2 is 2.05 bits per heavy atom. The van der Waals surface area contributed by atoms with Crippen molar-refractivity contribution in [1.29, 1.82) is 0 Å². The Morgan fingerprint density at radius 1 is 1.27 bits per heavy atom. The first-order valence-electron chi connectivity index (χ1n) is 8.52.